The zero-order valence-electron chi connectivity index (χ0n) is 10.4. The van der Waals surface area contributed by atoms with Gasteiger partial charge in [-0.1, -0.05) is 58.9 Å². The van der Waals surface area contributed by atoms with E-state index in [1.54, 1.807) is 6.92 Å². The quantitative estimate of drug-likeness (QED) is 0.579. The molecule has 0 fully saturated rings. The topological polar surface area (TPSA) is 17.1 Å². The van der Waals surface area contributed by atoms with Gasteiger partial charge in [0.1, 0.15) is 5.78 Å². The Kier molecular flexibility index (Phi) is 11.4. The van der Waals surface area contributed by atoms with Gasteiger partial charge in [0, 0.05) is 0 Å². The molecule has 0 atom stereocenters. The van der Waals surface area contributed by atoms with Crippen molar-refractivity contribution in [3.05, 3.63) is 24.3 Å². The van der Waals surface area contributed by atoms with Gasteiger partial charge < -0.3 is 0 Å². The maximum absolute atomic E-state index is 10.8. The third kappa shape index (κ3) is 6.64. The van der Waals surface area contributed by atoms with Crippen LogP contribution in [0.15, 0.2) is 24.3 Å². The van der Waals surface area contributed by atoms with Crippen molar-refractivity contribution in [2.45, 2.75) is 41.5 Å². The molecule has 0 aromatic rings. The smallest absolute Gasteiger partial charge is 0.140 e. The van der Waals surface area contributed by atoms with E-state index in [1.807, 2.05) is 39.8 Å². The summed E-state index contributed by atoms with van der Waals surface area (Å²) in [6, 6.07) is 0. The molecule has 14 heavy (non-hydrogen) atoms. The molecule has 0 bridgehead atoms. The summed E-state index contributed by atoms with van der Waals surface area (Å²) >= 11 is 0. The summed E-state index contributed by atoms with van der Waals surface area (Å²) in [7, 11) is 0. The molecule has 0 saturated carbocycles. The van der Waals surface area contributed by atoms with Crippen LogP contribution >= 0.6 is 0 Å². The van der Waals surface area contributed by atoms with Gasteiger partial charge in [0.15, 0.2) is 0 Å². The molecule has 82 valence electrons. The molecule has 0 heterocycles. The van der Waals surface area contributed by atoms with Gasteiger partial charge in [-0.05, 0) is 12.8 Å². The molecule has 0 amide bonds. The number of hydrogen-bond acceptors (Lipinski definition) is 1. The van der Waals surface area contributed by atoms with E-state index < -0.39 is 0 Å². The first-order valence-electron chi connectivity index (χ1n) is 5.57. The first-order valence-corrected chi connectivity index (χ1v) is 5.57. The number of Topliss-reactive ketones (excluding diaryl/α,β-unsaturated/α-hetero) is 1. The summed E-state index contributed by atoms with van der Waals surface area (Å²) in [4.78, 5) is 10.8. The van der Waals surface area contributed by atoms with Crippen molar-refractivity contribution in [1.82, 2.24) is 0 Å². The summed E-state index contributed by atoms with van der Waals surface area (Å²) < 4.78 is 0. The lowest BCUT2D eigenvalue weighted by atomic mass is 9.95. The molecule has 0 aromatic heterocycles. The molecule has 0 aromatic carbocycles. The Bertz CT molecular complexity index is 175. The minimum atomic E-state index is 0.0381. The standard InChI is InChI=1S/C9H12O.2C2H6/c1-7-3-5-9(6-4-7)8(2)10;2*1-2/h3-7,9H,1-2H3;2*1-2H3. The molecule has 1 nitrogen and oxygen atoms in total. The van der Waals surface area contributed by atoms with Crippen LogP contribution in [0.25, 0.3) is 0 Å². The molecule has 1 aliphatic rings. The number of hydrogen-bond donors (Lipinski definition) is 0. The summed E-state index contributed by atoms with van der Waals surface area (Å²) in [6.07, 6.45) is 8.05. The van der Waals surface area contributed by atoms with Crippen LogP contribution in [-0.4, -0.2) is 5.78 Å². The molecular formula is C13H24O. The summed E-state index contributed by atoms with van der Waals surface area (Å²) in [5, 5.41) is 0. The average molecular weight is 196 g/mol. The van der Waals surface area contributed by atoms with Crippen LogP contribution in [0.5, 0.6) is 0 Å². The fraction of sp³-hybridized carbons (Fsp3) is 0.615. The van der Waals surface area contributed by atoms with E-state index in [0.717, 1.165) is 0 Å². The number of allylic oxidation sites excluding steroid dienone is 4. The van der Waals surface area contributed by atoms with Crippen molar-refractivity contribution in [3.8, 4) is 0 Å². The maximum Gasteiger partial charge on any atom is 0.140 e. The van der Waals surface area contributed by atoms with Gasteiger partial charge in [0.25, 0.3) is 0 Å². The Morgan fingerprint density at radius 1 is 0.929 bits per heavy atom. The second-order valence-corrected chi connectivity index (χ2v) is 2.77. The third-order valence-corrected chi connectivity index (χ3v) is 1.71. The fourth-order valence-electron chi connectivity index (χ4n) is 0.989. The van der Waals surface area contributed by atoms with E-state index in [1.165, 1.54) is 0 Å². The van der Waals surface area contributed by atoms with E-state index in [4.69, 9.17) is 0 Å². The summed E-state index contributed by atoms with van der Waals surface area (Å²) in [5.74, 6) is 0.756. The largest absolute Gasteiger partial charge is 0.299 e. The Balaban J connectivity index is 0. The first kappa shape index (κ1) is 15.6. The van der Waals surface area contributed by atoms with Crippen LogP contribution in [0.1, 0.15) is 41.5 Å². The normalized spacial score (nSPS) is 22.7. The molecule has 0 aliphatic heterocycles. The predicted molar refractivity (Wildman–Crippen MR) is 64.3 cm³/mol. The monoisotopic (exact) mass is 196 g/mol. The van der Waals surface area contributed by atoms with Crippen LogP contribution in [-0.2, 0) is 4.79 Å². The van der Waals surface area contributed by atoms with Crippen molar-refractivity contribution in [3.63, 3.8) is 0 Å². The number of carbonyl (C=O) groups is 1. The van der Waals surface area contributed by atoms with Gasteiger partial charge >= 0.3 is 0 Å². The van der Waals surface area contributed by atoms with Crippen LogP contribution in [0, 0.1) is 11.8 Å². The highest BCUT2D eigenvalue weighted by Gasteiger charge is 2.09. The number of carbonyl (C=O) groups excluding carboxylic acids is 1. The lowest BCUT2D eigenvalue weighted by molar-refractivity contribution is -0.118. The van der Waals surface area contributed by atoms with Crippen LogP contribution in [0.4, 0.5) is 0 Å². The lowest BCUT2D eigenvalue weighted by Crippen LogP contribution is -2.07. The Morgan fingerprint density at radius 3 is 1.57 bits per heavy atom. The average Bonchev–Trinajstić information content (AvgIpc) is 2.24. The van der Waals surface area contributed by atoms with Gasteiger partial charge in [-0.15, -0.1) is 0 Å². The number of ketones is 1. The summed E-state index contributed by atoms with van der Waals surface area (Å²) in [5.41, 5.74) is 0. The van der Waals surface area contributed by atoms with Gasteiger partial charge in [-0.25, -0.2) is 0 Å². The van der Waals surface area contributed by atoms with Crippen molar-refractivity contribution >= 4 is 5.78 Å². The van der Waals surface area contributed by atoms with Gasteiger partial charge in [-0.3, -0.25) is 4.79 Å². The molecule has 1 aliphatic carbocycles. The molecule has 0 saturated heterocycles. The molecule has 0 unspecified atom stereocenters. The van der Waals surface area contributed by atoms with E-state index in [2.05, 4.69) is 19.1 Å². The highest BCUT2D eigenvalue weighted by molar-refractivity contribution is 5.82. The molecule has 1 heteroatoms. The minimum absolute atomic E-state index is 0.0381. The SMILES string of the molecule is CC.CC.CC(=O)C1C=CC(C)C=C1. The highest BCUT2D eigenvalue weighted by Crippen LogP contribution is 2.13. The van der Waals surface area contributed by atoms with E-state index in [9.17, 15) is 4.79 Å². The number of rotatable bonds is 1. The van der Waals surface area contributed by atoms with Crippen molar-refractivity contribution < 1.29 is 4.79 Å². The van der Waals surface area contributed by atoms with E-state index in [-0.39, 0.29) is 11.7 Å². The Hall–Kier alpha value is -0.850. The molecule has 0 N–H and O–H groups in total. The molecule has 0 radical (unpaired) electrons. The molecule has 0 spiro atoms. The van der Waals surface area contributed by atoms with Crippen LogP contribution < -0.4 is 0 Å². The van der Waals surface area contributed by atoms with E-state index >= 15 is 0 Å². The first-order chi connectivity index (χ1) is 6.70. The molecule has 1 rings (SSSR count). The lowest BCUT2D eigenvalue weighted by Gasteiger charge is -2.09. The van der Waals surface area contributed by atoms with Gasteiger partial charge in [-0.2, -0.15) is 0 Å². The van der Waals surface area contributed by atoms with Crippen LogP contribution in [0.3, 0.4) is 0 Å². The minimum Gasteiger partial charge on any atom is -0.299 e. The maximum atomic E-state index is 10.8. The Morgan fingerprint density at radius 2 is 1.29 bits per heavy atom. The second-order valence-electron chi connectivity index (χ2n) is 2.77. The third-order valence-electron chi connectivity index (χ3n) is 1.71. The highest BCUT2D eigenvalue weighted by atomic mass is 16.1. The van der Waals surface area contributed by atoms with Crippen LogP contribution in [0.2, 0.25) is 0 Å². The predicted octanol–water partition coefficient (Wildman–Crippen LogP) is 4.01. The van der Waals surface area contributed by atoms with E-state index in [0.29, 0.717) is 5.92 Å². The molecular weight excluding hydrogens is 172 g/mol. The summed E-state index contributed by atoms with van der Waals surface area (Å²) in [6.45, 7) is 11.7. The zero-order valence-corrected chi connectivity index (χ0v) is 10.4. The van der Waals surface area contributed by atoms with Crippen molar-refractivity contribution in [1.29, 1.82) is 0 Å². The second kappa shape index (κ2) is 10.2. The van der Waals surface area contributed by atoms with Crippen molar-refractivity contribution in [2.24, 2.45) is 11.8 Å². The van der Waals surface area contributed by atoms with Gasteiger partial charge in [0.2, 0.25) is 0 Å². The van der Waals surface area contributed by atoms with Crippen molar-refractivity contribution in [2.75, 3.05) is 0 Å². The fourth-order valence-corrected chi connectivity index (χ4v) is 0.989. The Labute approximate surface area is 88.9 Å². The zero-order chi connectivity index (χ0) is 11.6. The van der Waals surface area contributed by atoms with Gasteiger partial charge in [0.05, 0.1) is 5.92 Å².